The number of rotatable bonds is 5. The van der Waals surface area contributed by atoms with Crippen molar-refractivity contribution < 1.29 is 22.8 Å². The van der Waals surface area contributed by atoms with Crippen LogP contribution in [0.4, 0.5) is 0 Å². The van der Waals surface area contributed by atoms with Gasteiger partial charge in [-0.1, -0.05) is 42.5 Å². The van der Waals surface area contributed by atoms with Gasteiger partial charge in [-0.2, -0.15) is 4.72 Å². The first-order valence-corrected chi connectivity index (χ1v) is 9.26. The van der Waals surface area contributed by atoms with Crippen molar-refractivity contribution in [2.24, 2.45) is 0 Å². The molecule has 8 heteroatoms. The Labute approximate surface area is 122 Å². The second-order valence-electron chi connectivity index (χ2n) is 4.36. The summed E-state index contributed by atoms with van der Waals surface area (Å²) in [7, 11) is -8.36. The van der Waals surface area contributed by atoms with E-state index in [1.54, 1.807) is 12.1 Å². The zero-order valence-electron chi connectivity index (χ0n) is 10.9. The molecule has 3 N–H and O–H groups in total. The molecule has 0 fully saturated rings. The molecule has 0 radical (unpaired) electrons. The molecule has 0 unspecified atom stereocenters. The van der Waals surface area contributed by atoms with E-state index < -0.39 is 23.9 Å². The fourth-order valence-corrected chi connectivity index (χ4v) is 3.72. The molecular weight excluding hydrogens is 313 g/mol. The van der Waals surface area contributed by atoms with Crippen molar-refractivity contribution in [3.63, 3.8) is 0 Å². The van der Waals surface area contributed by atoms with Crippen LogP contribution in [0.3, 0.4) is 0 Å². The third kappa shape index (κ3) is 4.49. The Bertz CT molecular complexity index is 753. The topological polar surface area (TPSA) is 104 Å². The fourth-order valence-electron chi connectivity index (χ4n) is 1.71. The first-order valence-electron chi connectivity index (χ1n) is 5.98. The molecule has 0 spiro atoms. The summed E-state index contributed by atoms with van der Waals surface area (Å²) in [5, 5.41) is 0. The van der Waals surface area contributed by atoms with E-state index in [2.05, 4.69) is 0 Å². The molecule has 0 amide bonds. The van der Waals surface area contributed by atoms with Crippen LogP contribution in [0.15, 0.2) is 59.5 Å². The lowest BCUT2D eigenvalue weighted by molar-refractivity contribution is 0.371. The zero-order valence-corrected chi connectivity index (χ0v) is 12.6. The monoisotopic (exact) mass is 327 g/mol. The van der Waals surface area contributed by atoms with E-state index in [0.29, 0.717) is 0 Å². The average Bonchev–Trinajstić information content (AvgIpc) is 2.46. The lowest BCUT2D eigenvalue weighted by Gasteiger charge is -2.08. The van der Waals surface area contributed by atoms with Crippen molar-refractivity contribution >= 4 is 17.6 Å². The Morgan fingerprint density at radius 2 is 1.43 bits per heavy atom. The molecule has 0 saturated heterocycles. The van der Waals surface area contributed by atoms with Crippen molar-refractivity contribution in [2.75, 3.05) is 6.29 Å². The van der Waals surface area contributed by atoms with Crippen molar-refractivity contribution in [1.29, 1.82) is 0 Å². The molecule has 21 heavy (non-hydrogen) atoms. The van der Waals surface area contributed by atoms with Gasteiger partial charge in [0.05, 0.1) is 4.90 Å². The maximum absolute atomic E-state index is 11.9. The van der Waals surface area contributed by atoms with Gasteiger partial charge in [0, 0.05) is 0 Å². The first kappa shape index (κ1) is 15.9. The number of nitrogens with one attached hydrogen (secondary N) is 1. The van der Waals surface area contributed by atoms with Crippen molar-refractivity contribution in [3.05, 3.63) is 54.6 Å². The van der Waals surface area contributed by atoms with Crippen LogP contribution in [0.25, 0.3) is 11.1 Å². The molecule has 6 nitrogen and oxygen atoms in total. The standard InChI is InChI=1S/C13H14NO5PS/c15-20(16,17)10-14-21(18,19)13-8-6-12(7-9-13)11-4-2-1-3-5-11/h1-9,14H,10H2,(H2,15,16,17). The molecule has 0 bridgehead atoms. The Kier molecular flexibility index (Phi) is 4.61. The van der Waals surface area contributed by atoms with E-state index in [0.717, 1.165) is 11.1 Å². The molecule has 2 aromatic carbocycles. The highest BCUT2D eigenvalue weighted by Crippen LogP contribution is 2.32. The maximum atomic E-state index is 11.9. The fraction of sp³-hybridized carbons (Fsp3) is 0.0769. The highest BCUT2D eigenvalue weighted by molar-refractivity contribution is 7.89. The molecule has 0 aliphatic heterocycles. The zero-order chi connectivity index (χ0) is 15.5. The van der Waals surface area contributed by atoms with Crippen LogP contribution in [0.1, 0.15) is 0 Å². The van der Waals surface area contributed by atoms with Crippen LogP contribution >= 0.6 is 7.60 Å². The molecule has 0 saturated carbocycles. The number of sulfonamides is 1. The average molecular weight is 327 g/mol. The largest absolute Gasteiger partial charge is 0.340 e. The Hall–Kier alpha value is -1.50. The molecule has 0 atom stereocenters. The Morgan fingerprint density at radius 3 is 1.95 bits per heavy atom. The molecule has 0 aliphatic rings. The lowest BCUT2D eigenvalue weighted by Crippen LogP contribution is -2.24. The highest BCUT2D eigenvalue weighted by Gasteiger charge is 2.20. The summed E-state index contributed by atoms with van der Waals surface area (Å²) in [6, 6.07) is 15.5. The predicted octanol–water partition coefficient (Wildman–Crippen LogP) is 1.77. The maximum Gasteiger partial charge on any atom is 0.340 e. The second kappa shape index (κ2) is 6.09. The molecule has 2 rings (SSSR count). The molecule has 0 aliphatic carbocycles. The van der Waals surface area contributed by atoms with Gasteiger partial charge in [-0.15, -0.1) is 0 Å². The Balaban J connectivity index is 2.21. The molecule has 0 aromatic heterocycles. The van der Waals surface area contributed by atoms with Crippen LogP contribution in [0, 0.1) is 0 Å². The molecule has 112 valence electrons. The van der Waals surface area contributed by atoms with E-state index in [9.17, 15) is 13.0 Å². The van der Waals surface area contributed by atoms with Crippen molar-refractivity contribution in [2.45, 2.75) is 4.90 Å². The van der Waals surface area contributed by atoms with Gasteiger partial charge in [0.25, 0.3) is 0 Å². The van der Waals surface area contributed by atoms with Gasteiger partial charge in [0.2, 0.25) is 10.0 Å². The van der Waals surface area contributed by atoms with Crippen LogP contribution in [0.2, 0.25) is 0 Å². The number of hydrogen-bond donors (Lipinski definition) is 3. The summed E-state index contributed by atoms with van der Waals surface area (Å²) in [4.78, 5) is 17.4. The van der Waals surface area contributed by atoms with Crippen LogP contribution in [-0.4, -0.2) is 24.5 Å². The summed E-state index contributed by atoms with van der Waals surface area (Å²) >= 11 is 0. The van der Waals surface area contributed by atoms with Crippen LogP contribution < -0.4 is 4.72 Å². The van der Waals surface area contributed by atoms with Gasteiger partial charge >= 0.3 is 7.60 Å². The summed E-state index contributed by atoms with van der Waals surface area (Å²) in [5.41, 5.74) is 1.80. The van der Waals surface area contributed by atoms with Gasteiger partial charge < -0.3 is 9.79 Å². The quantitative estimate of drug-likeness (QED) is 0.726. The molecular formula is C13H14NO5PS. The summed E-state index contributed by atoms with van der Waals surface area (Å²) in [5.74, 6) is 0. The molecule has 0 heterocycles. The van der Waals surface area contributed by atoms with Gasteiger partial charge in [0.1, 0.15) is 6.29 Å². The predicted molar refractivity (Wildman–Crippen MR) is 79.1 cm³/mol. The summed E-state index contributed by atoms with van der Waals surface area (Å²) in [6.07, 6.45) is -0.921. The van der Waals surface area contributed by atoms with E-state index in [1.807, 2.05) is 35.1 Å². The summed E-state index contributed by atoms with van der Waals surface area (Å²) in [6.45, 7) is 0. The van der Waals surface area contributed by atoms with Crippen LogP contribution in [-0.2, 0) is 14.6 Å². The van der Waals surface area contributed by atoms with E-state index in [4.69, 9.17) is 9.79 Å². The van der Waals surface area contributed by atoms with Gasteiger partial charge in [-0.05, 0) is 23.3 Å². The number of benzene rings is 2. The van der Waals surface area contributed by atoms with E-state index in [-0.39, 0.29) is 4.90 Å². The minimum atomic E-state index is -4.43. The van der Waals surface area contributed by atoms with Gasteiger partial charge in [-0.25, -0.2) is 8.42 Å². The minimum absolute atomic E-state index is 0.0457. The second-order valence-corrected chi connectivity index (χ2v) is 7.77. The Morgan fingerprint density at radius 1 is 0.905 bits per heavy atom. The lowest BCUT2D eigenvalue weighted by atomic mass is 10.1. The van der Waals surface area contributed by atoms with Gasteiger partial charge in [-0.3, -0.25) is 4.57 Å². The van der Waals surface area contributed by atoms with Crippen molar-refractivity contribution in [1.82, 2.24) is 4.72 Å². The highest BCUT2D eigenvalue weighted by atomic mass is 32.2. The van der Waals surface area contributed by atoms with Gasteiger partial charge in [0.15, 0.2) is 0 Å². The van der Waals surface area contributed by atoms with Crippen molar-refractivity contribution in [3.8, 4) is 11.1 Å². The smallest absolute Gasteiger partial charge is 0.324 e. The third-order valence-electron chi connectivity index (χ3n) is 2.73. The first-order chi connectivity index (χ1) is 9.78. The minimum Gasteiger partial charge on any atom is -0.324 e. The summed E-state index contributed by atoms with van der Waals surface area (Å²) < 4.78 is 36.3. The SMILES string of the molecule is O=P(O)(O)CNS(=O)(=O)c1ccc(-c2ccccc2)cc1. The van der Waals surface area contributed by atoms with E-state index >= 15 is 0 Å². The van der Waals surface area contributed by atoms with E-state index in [1.165, 1.54) is 12.1 Å². The third-order valence-corrected chi connectivity index (χ3v) is 4.93. The number of hydrogen-bond acceptors (Lipinski definition) is 3. The normalized spacial score (nSPS) is 12.3. The van der Waals surface area contributed by atoms with Crippen LogP contribution in [0.5, 0.6) is 0 Å². The molecule has 2 aromatic rings.